The number of carbonyl (C=O) groups is 1. The normalized spacial score (nSPS) is 14.0. The van der Waals surface area contributed by atoms with Gasteiger partial charge in [0.2, 0.25) is 10.0 Å². The van der Waals surface area contributed by atoms with Crippen molar-refractivity contribution in [3.63, 3.8) is 0 Å². The number of benzene rings is 1. The molecule has 146 valence electrons. The zero-order valence-electron chi connectivity index (χ0n) is 16.0. The quantitative estimate of drug-likeness (QED) is 0.814. The number of rotatable bonds is 6. The molecule has 1 aromatic heterocycles. The number of imidazole rings is 1. The molecule has 0 fully saturated rings. The molecule has 0 bridgehead atoms. The van der Waals surface area contributed by atoms with Gasteiger partial charge in [0.25, 0.3) is 5.91 Å². The van der Waals surface area contributed by atoms with Gasteiger partial charge in [0.15, 0.2) is 0 Å². The van der Waals surface area contributed by atoms with E-state index in [0.29, 0.717) is 18.5 Å². The summed E-state index contributed by atoms with van der Waals surface area (Å²) in [5.74, 6) is 0.875. The number of nitrogens with one attached hydrogen (secondary N) is 1. The van der Waals surface area contributed by atoms with Crippen molar-refractivity contribution in [1.29, 1.82) is 0 Å². The average molecular weight is 391 g/mol. The molecule has 2 aromatic rings. The van der Waals surface area contributed by atoms with Crippen molar-refractivity contribution in [3.05, 3.63) is 47.0 Å². The van der Waals surface area contributed by atoms with Crippen molar-refractivity contribution in [2.24, 2.45) is 0 Å². The zero-order chi connectivity index (χ0) is 19.6. The van der Waals surface area contributed by atoms with E-state index >= 15 is 0 Å². The Hall–Kier alpha value is -2.19. The number of aromatic nitrogens is 2. The third-order valence-corrected chi connectivity index (χ3v) is 6.29. The lowest BCUT2D eigenvalue weighted by Crippen LogP contribution is -2.28. The Morgan fingerprint density at radius 3 is 2.81 bits per heavy atom. The van der Waals surface area contributed by atoms with Gasteiger partial charge in [-0.25, -0.2) is 18.1 Å². The first-order valence-corrected chi connectivity index (χ1v) is 10.6. The highest BCUT2D eigenvalue weighted by Crippen LogP contribution is 2.20. The smallest absolute Gasteiger partial charge is 0.253 e. The molecule has 27 heavy (non-hydrogen) atoms. The largest absolute Gasteiger partial charge is 0.345 e. The van der Waals surface area contributed by atoms with E-state index in [1.165, 1.54) is 17.0 Å². The fourth-order valence-corrected chi connectivity index (χ4v) is 4.51. The van der Waals surface area contributed by atoms with E-state index in [2.05, 4.69) is 14.3 Å². The minimum Gasteiger partial charge on any atom is -0.345 e. The number of hydrogen-bond donors (Lipinski definition) is 1. The van der Waals surface area contributed by atoms with E-state index in [9.17, 15) is 13.2 Å². The molecule has 2 heterocycles. The van der Waals surface area contributed by atoms with Crippen molar-refractivity contribution in [1.82, 2.24) is 19.2 Å². The topological polar surface area (TPSA) is 84.3 Å². The molecule has 0 aliphatic carbocycles. The molecule has 0 atom stereocenters. The number of carbonyl (C=O) groups excluding carboxylic acids is 1. The van der Waals surface area contributed by atoms with E-state index in [0.717, 1.165) is 43.0 Å². The number of sulfonamides is 1. The molecular weight excluding hydrogens is 364 g/mol. The zero-order valence-corrected chi connectivity index (χ0v) is 16.8. The average Bonchev–Trinajstić information content (AvgIpc) is 2.96. The third-order valence-electron chi connectivity index (χ3n) is 4.84. The highest BCUT2D eigenvalue weighted by Gasteiger charge is 2.20. The summed E-state index contributed by atoms with van der Waals surface area (Å²) in [5, 5.41) is 0. The lowest BCUT2D eigenvalue weighted by molar-refractivity contribution is 0.0827. The molecule has 0 saturated carbocycles. The molecule has 0 saturated heterocycles. The Kier molecular flexibility index (Phi) is 5.67. The number of hydrogen-bond acceptors (Lipinski definition) is 4. The van der Waals surface area contributed by atoms with E-state index in [1.54, 1.807) is 26.2 Å². The molecular formula is C19H26N4O3S. The highest BCUT2D eigenvalue weighted by molar-refractivity contribution is 7.89. The molecule has 8 heteroatoms. The maximum absolute atomic E-state index is 12.6. The van der Waals surface area contributed by atoms with Crippen LogP contribution in [0.15, 0.2) is 29.2 Å². The standard InChI is InChI=1S/C19H26N4O3S/c1-14-17(23-12-5-4-9-18(23)21-14)10-11-20-27(25,26)16-8-6-7-15(13-16)19(24)22(2)3/h6-8,13,20H,4-5,9-12H2,1-3H3. The Morgan fingerprint density at radius 1 is 1.30 bits per heavy atom. The van der Waals surface area contributed by atoms with Gasteiger partial charge < -0.3 is 9.47 Å². The molecule has 1 amide bonds. The van der Waals surface area contributed by atoms with Crippen LogP contribution >= 0.6 is 0 Å². The lowest BCUT2D eigenvalue weighted by Gasteiger charge is -2.17. The summed E-state index contributed by atoms with van der Waals surface area (Å²) in [5.41, 5.74) is 2.43. The minimum absolute atomic E-state index is 0.0993. The summed E-state index contributed by atoms with van der Waals surface area (Å²) in [6, 6.07) is 6.11. The summed E-state index contributed by atoms with van der Waals surface area (Å²) < 4.78 is 30.1. The molecule has 3 rings (SSSR count). The van der Waals surface area contributed by atoms with Crippen LogP contribution in [0, 0.1) is 6.92 Å². The Morgan fingerprint density at radius 2 is 2.07 bits per heavy atom. The Labute approximate surface area is 160 Å². The highest BCUT2D eigenvalue weighted by atomic mass is 32.2. The first kappa shape index (κ1) is 19.6. The van der Waals surface area contributed by atoms with Gasteiger partial charge in [0.1, 0.15) is 5.82 Å². The fourth-order valence-electron chi connectivity index (χ4n) is 3.43. The number of amides is 1. The van der Waals surface area contributed by atoms with Crippen LogP contribution in [-0.2, 0) is 29.4 Å². The third kappa shape index (κ3) is 4.22. The van der Waals surface area contributed by atoms with E-state index in [4.69, 9.17) is 0 Å². The summed E-state index contributed by atoms with van der Waals surface area (Å²) in [6.07, 6.45) is 3.87. The van der Waals surface area contributed by atoms with Gasteiger partial charge in [0, 0.05) is 51.3 Å². The van der Waals surface area contributed by atoms with Gasteiger partial charge in [-0.3, -0.25) is 4.79 Å². The van der Waals surface area contributed by atoms with Gasteiger partial charge >= 0.3 is 0 Å². The van der Waals surface area contributed by atoms with Gasteiger partial charge in [-0.15, -0.1) is 0 Å². The first-order valence-electron chi connectivity index (χ1n) is 9.16. The van der Waals surface area contributed by atoms with E-state index in [-0.39, 0.29) is 10.8 Å². The number of nitrogens with zero attached hydrogens (tertiary/aromatic N) is 3. The van der Waals surface area contributed by atoms with Crippen LogP contribution in [0.4, 0.5) is 0 Å². The summed E-state index contributed by atoms with van der Waals surface area (Å²) >= 11 is 0. The van der Waals surface area contributed by atoms with Gasteiger partial charge in [0.05, 0.1) is 10.6 Å². The monoisotopic (exact) mass is 390 g/mol. The van der Waals surface area contributed by atoms with Crippen molar-refractivity contribution in [2.45, 2.75) is 44.0 Å². The van der Waals surface area contributed by atoms with Crippen molar-refractivity contribution < 1.29 is 13.2 Å². The summed E-state index contributed by atoms with van der Waals surface area (Å²) in [6.45, 7) is 3.22. The van der Waals surface area contributed by atoms with Gasteiger partial charge in [-0.1, -0.05) is 6.07 Å². The predicted octanol–water partition coefficient (Wildman–Crippen LogP) is 1.75. The van der Waals surface area contributed by atoms with Crippen molar-refractivity contribution >= 4 is 15.9 Å². The molecule has 0 spiro atoms. The SMILES string of the molecule is Cc1nc2n(c1CCNS(=O)(=O)c1cccc(C(=O)N(C)C)c1)CCCC2. The van der Waals surface area contributed by atoms with Crippen LogP contribution in [-0.4, -0.2) is 49.4 Å². The molecule has 1 N–H and O–H groups in total. The van der Waals surface area contributed by atoms with Gasteiger partial charge in [-0.05, 0) is 38.0 Å². The van der Waals surface area contributed by atoms with Crippen molar-refractivity contribution in [2.75, 3.05) is 20.6 Å². The van der Waals surface area contributed by atoms with Crippen LogP contribution in [0.1, 0.15) is 40.4 Å². The second-order valence-electron chi connectivity index (χ2n) is 7.04. The fraction of sp³-hybridized carbons (Fsp3) is 0.474. The van der Waals surface area contributed by atoms with Crippen LogP contribution < -0.4 is 4.72 Å². The first-order chi connectivity index (χ1) is 12.8. The van der Waals surface area contributed by atoms with Crippen LogP contribution in [0.2, 0.25) is 0 Å². The summed E-state index contributed by atoms with van der Waals surface area (Å²) in [7, 11) is -0.409. The second-order valence-corrected chi connectivity index (χ2v) is 8.81. The maximum Gasteiger partial charge on any atom is 0.253 e. The maximum atomic E-state index is 12.6. The number of aryl methyl sites for hydroxylation is 2. The molecule has 7 nitrogen and oxygen atoms in total. The molecule has 1 aliphatic rings. The van der Waals surface area contributed by atoms with Gasteiger partial charge in [-0.2, -0.15) is 0 Å². The predicted molar refractivity (Wildman–Crippen MR) is 103 cm³/mol. The van der Waals surface area contributed by atoms with Crippen molar-refractivity contribution in [3.8, 4) is 0 Å². The molecule has 0 unspecified atom stereocenters. The Bertz CT molecular complexity index is 948. The molecule has 1 aliphatic heterocycles. The minimum atomic E-state index is -3.68. The summed E-state index contributed by atoms with van der Waals surface area (Å²) in [4.78, 5) is 18.2. The van der Waals surface area contributed by atoms with Crippen LogP contribution in [0.3, 0.4) is 0 Å². The van der Waals surface area contributed by atoms with E-state index in [1.807, 2.05) is 6.92 Å². The van der Waals surface area contributed by atoms with Crippen LogP contribution in [0.5, 0.6) is 0 Å². The lowest BCUT2D eigenvalue weighted by atomic mass is 10.1. The Balaban J connectivity index is 1.70. The molecule has 1 aromatic carbocycles. The van der Waals surface area contributed by atoms with E-state index < -0.39 is 10.0 Å². The molecule has 0 radical (unpaired) electrons. The second kappa shape index (κ2) is 7.82. The van der Waals surface area contributed by atoms with Crippen LogP contribution in [0.25, 0.3) is 0 Å². The number of fused-ring (bicyclic) bond motifs is 1.